The van der Waals surface area contributed by atoms with Gasteiger partial charge < -0.3 is 5.73 Å². The Morgan fingerprint density at radius 1 is 1.10 bits per heavy atom. The number of hydrogen-bond acceptors (Lipinski definition) is 3. The van der Waals surface area contributed by atoms with Gasteiger partial charge in [0.05, 0.1) is 10.6 Å². The van der Waals surface area contributed by atoms with Crippen LogP contribution in [0.3, 0.4) is 0 Å². The first-order valence-electron chi connectivity index (χ1n) is 6.54. The van der Waals surface area contributed by atoms with Gasteiger partial charge >= 0.3 is 0 Å². The highest BCUT2D eigenvalue weighted by Gasteiger charge is 2.15. The summed E-state index contributed by atoms with van der Waals surface area (Å²) in [6.45, 7) is 3.77. The topological polar surface area (TPSA) is 72.2 Å². The maximum Gasteiger partial charge on any atom is 0.261 e. The number of nitrogens with one attached hydrogen (secondary N) is 1. The monoisotopic (exact) mass is 302 g/mol. The molecule has 2 aromatic carbocycles. The number of sulfonamides is 1. The van der Waals surface area contributed by atoms with Crippen LogP contribution in [0.15, 0.2) is 53.4 Å². The van der Waals surface area contributed by atoms with Crippen LogP contribution in [0.4, 0.5) is 11.4 Å². The van der Waals surface area contributed by atoms with Gasteiger partial charge in [0.1, 0.15) is 0 Å². The fourth-order valence-electron chi connectivity index (χ4n) is 1.91. The van der Waals surface area contributed by atoms with Crippen LogP contribution in [0.25, 0.3) is 6.08 Å². The predicted molar refractivity (Wildman–Crippen MR) is 87.5 cm³/mol. The number of nitrogen functional groups attached to an aromatic ring is 1. The summed E-state index contributed by atoms with van der Waals surface area (Å²) in [5.74, 6) is 0. The van der Waals surface area contributed by atoms with Crippen molar-refractivity contribution in [3.63, 3.8) is 0 Å². The molecule has 0 atom stereocenters. The Morgan fingerprint density at radius 2 is 1.76 bits per heavy atom. The van der Waals surface area contributed by atoms with Crippen LogP contribution in [0.5, 0.6) is 0 Å². The molecular weight excluding hydrogens is 284 g/mol. The maximum absolute atomic E-state index is 12.4. The maximum atomic E-state index is 12.4. The molecule has 0 spiro atoms. The number of allylic oxidation sites excluding steroid dienone is 1. The zero-order valence-electron chi connectivity index (χ0n) is 12.0. The summed E-state index contributed by atoms with van der Waals surface area (Å²) in [5.41, 5.74) is 8.57. The molecule has 4 nitrogen and oxygen atoms in total. The van der Waals surface area contributed by atoms with E-state index in [1.54, 1.807) is 42.5 Å². The highest BCUT2D eigenvalue weighted by Crippen LogP contribution is 2.23. The molecule has 0 fully saturated rings. The molecule has 5 heteroatoms. The van der Waals surface area contributed by atoms with Crippen molar-refractivity contribution in [1.29, 1.82) is 0 Å². The van der Waals surface area contributed by atoms with E-state index in [1.165, 1.54) is 0 Å². The first kappa shape index (κ1) is 15.1. The standard InChI is InChI=1S/C16H18N2O2S/c1-3-4-13-11-14(17)7-10-16(13)18-21(19,20)15-8-5-12(2)6-9-15/h3-11,18H,17H2,1-2H3. The third-order valence-corrected chi connectivity index (χ3v) is 4.38. The lowest BCUT2D eigenvalue weighted by Gasteiger charge is -2.11. The van der Waals surface area contributed by atoms with Crippen molar-refractivity contribution in [2.24, 2.45) is 0 Å². The van der Waals surface area contributed by atoms with E-state index in [1.807, 2.05) is 26.0 Å². The second-order valence-electron chi connectivity index (χ2n) is 4.77. The fraction of sp³-hybridized carbons (Fsp3) is 0.125. The molecule has 2 rings (SSSR count). The van der Waals surface area contributed by atoms with E-state index in [-0.39, 0.29) is 4.90 Å². The van der Waals surface area contributed by atoms with Crippen molar-refractivity contribution in [2.75, 3.05) is 10.5 Å². The van der Waals surface area contributed by atoms with Crippen molar-refractivity contribution in [3.05, 3.63) is 59.7 Å². The average Bonchev–Trinajstić information content (AvgIpc) is 2.42. The largest absolute Gasteiger partial charge is 0.399 e. The van der Waals surface area contributed by atoms with Gasteiger partial charge in [-0.2, -0.15) is 0 Å². The molecule has 110 valence electrons. The Balaban J connectivity index is 2.39. The van der Waals surface area contributed by atoms with Crippen molar-refractivity contribution in [1.82, 2.24) is 0 Å². The van der Waals surface area contributed by atoms with Crippen LogP contribution in [-0.2, 0) is 10.0 Å². The van der Waals surface area contributed by atoms with E-state index in [9.17, 15) is 8.42 Å². The second kappa shape index (κ2) is 6.01. The minimum atomic E-state index is -3.61. The molecule has 0 saturated carbocycles. The smallest absolute Gasteiger partial charge is 0.261 e. The van der Waals surface area contributed by atoms with Crippen molar-refractivity contribution >= 4 is 27.5 Å². The predicted octanol–water partition coefficient (Wildman–Crippen LogP) is 3.41. The summed E-state index contributed by atoms with van der Waals surface area (Å²) in [5, 5.41) is 0. The van der Waals surface area contributed by atoms with Crippen LogP contribution in [0.1, 0.15) is 18.1 Å². The SMILES string of the molecule is CC=Cc1cc(N)ccc1NS(=O)(=O)c1ccc(C)cc1. The molecule has 21 heavy (non-hydrogen) atoms. The van der Waals surface area contributed by atoms with Gasteiger partial charge in [-0.25, -0.2) is 8.42 Å². The van der Waals surface area contributed by atoms with E-state index in [0.29, 0.717) is 11.4 Å². The van der Waals surface area contributed by atoms with E-state index in [2.05, 4.69) is 4.72 Å². The van der Waals surface area contributed by atoms with Gasteiger partial charge in [0.2, 0.25) is 0 Å². The highest BCUT2D eigenvalue weighted by molar-refractivity contribution is 7.92. The molecule has 0 aliphatic carbocycles. The van der Waals surface area contributed by atoms with E-state index >= 15 is 0 Å². The molecule has 0 aliphatic heterocycles. The summed E-state index contributed by atoms with van der Waals surface area (Å²) in [4.78, 5) is 0.233. The fourth-order valence-corrected chi connectivity index (χ4v) is 3.00. The molecule has 0 saturated heterocycles. The Morgan fingerprint density at radius 3 is 2.38 bits per heavy atom. The van der Waals surface area contributed by atoms with Crippen LogP contribution >= 0.6 is 0 Å². The molecule has 0 heterocycles. The quantitative estimate of drug-likeness (QED) is 0.850. The van der Waals surface area contributed by atoms with Gasteiger partial charge in [-0.05, 0) is 44.2 Å². The molecule has 0 unspecified atom stereocenters. The second-order valence-corrected chi connectivity index (χ2v) is 6.45. The Labute approximate surface area is 125 Å². The molecule has 0 radical (unpaired) electrons. The van der Waals surface area contributed by atoms with Gasteiger partial charge in [0.25, 0.3) is 10.0 Å². The first-order chi connectivity index (χ1) is 9.92. The number of anilines is 2. The van der Waals surface area contributed by atoms with Crippen LogP contribution in [-0.4, -0.2) is 8.42 Å². The minimum absolute atomic E-state index is 0.233. The third kappa shape index (κ3) is 3.64. The number of rotatable bonds is 4. The minimum Gasteiger partial charge on any atom is -0.399 e. The summed E-state index contributed by atoms with van der Waals surface area (Å²) in [7, 11) is -3.61. The molecule has 0 amide bonds. The molecular formula is C16H18N2O2S. The first-order valence-corrected chi connectivity index (χ1v) is 8.02. The van der Waals surface area contributed by atoms with Crippen molar-refractivity contribution in [3.8, 4) is 0 Å². The Kier molecular flexibility index (Phi) is 4.33. The zero-order chi connectivity index (χ0) is 15.5. The number of benzene rings is 2. The summed E-state index contributed by atoms with van der Waals surface area (Å²) in [6.07, 6.45) is 3.64. The highest BCUT2D eigenvalue weighted by atomic mass is 32.2. The zero-order valence-corrected chi connectivity index (χ0v) is 12.8. The molecule has 0 aromatic heterocycles. The third-order valence-electron chi connectivity index (χ3n) is 3.00. The van der Waals surface area contributed by atoms with E-state index in [0.717, 1.165) is 11.1 Å². The van der Waals surface area contributed by atoms with Gasteiger partial charge in [-0.3, -0.25) is 4.72 Å². The Hall–Kier alpha value is -2.27. The van der Waals surface area contributed by atoms with Gasteiger partial charge in [0, 0.05) is 11.3 Å². The lowest BCUT2D eigenvalue weighted by molar-refractivity contribution is 0.601. The van der Waals surface area contributed by atoms with E-state index < -0.39 is 10.0 Å². The molecule has 2 aromatic rings. The summed E-state index contributed by atoms with van der Waals surface area (Å²) >= 11 is 0. The lowest BCUT2D eigenvalue weighted by Crippen LogP contribution is -2.13. The molecule has 0 bridgehead atoms. The molecule has 3 N–H and O–H groups in total. The normalized spacial score (nSPS) is 11.7. The Bertz CT molecular complexity index is 763. The molecule has 0 aliphatic rings. The summed E-state index contributed by atoms with van der Waals surface area (Å²) in [6, 6.07) is 11.8. The van der Waals surface area contributed by atoms with Crippen molar-refractivity contribution < 1.29 is 8.42 Å². The average molecular weight is 302 g/mol. The summed E-state index contributed by atoms with van der Waals surface area (Å²) < 4.78 is 27.4. The van der Waals surface area contributed by atoms with E-state index in [4.69, 9.17) is 5.73 Å². The van der Waals surface area contributed by atoms with Crippen LogP contribution in [0, 0.1) is 6.92 Å². The number of aryl methyl sites for hydroxylation is 1. The number of hydrogen-bond donors (Lipinski definition) is 2. The number of nitrogens with two attached hydrogens (primary N) is 1. The lowest BCUT2D eigenvalue weighted by atomic mass is 10.1. The van der Waals surface area contributed by atoms with Gasteiger partial charge in [0.15, 0.2) is 0 Å². The van der Waals surface area contributed by atoms with Crippen LogP contribution in [0.2, 0.25) is 0 Å². The van der Waals surface area contributed by atoms with Gasteiger partial charge in [-0.1, -0.05) is 29.8 Å². The van der Waals surface area contributed by atoms with Crippen molar-refractivity contribution in [2.45, 2.75) is 18.7 Å². The van der Waals surface area contributed by atoms with Gasteiger partial charge in [-0.15, -0.1) is 0 Å². The van der Waals surface area contributed by atoms with Crippen LogP contribution < -0.4 is 10.5 Å².